The van der Waals surface area contributed by atoms with Crippen LogP contribution >= 0.6 is 11.8 Å². The molecule has 2 nitrogen and oxygen atoms in total. The van der Waals surface area contributed by atoms with Crippen molar-refractivity contribution >= 4 is 11.8 Å². The average molecular weight is 215 g/mol. The molecule has 3 heterocycles. The van der Waals surface area contributed by atoms with E-state index in [4.69, 9.17) is 4.74 Å². The predicted octanol–water partition coefficient (Wildman–Crippen LogP) is 2.20. The molecule has 0 aliphatic carbocycles. The first-order valence-electron chi connectivity index (χ1n) is 5.57. The highest BCUT2D eigenvalue weighted by atomic mass is 32.2. The molecule has 0 radical (unpaired) electrons. The zero-order valence-corrected chi connectivity index (χ0v) is 10.3. The summed E-state index contributed by atoms with van der Waals surface area (Å²) in [5, 5.41) is 0. The first-order chi connectivity index (χ1) is 6.64. The molecule has 82 valence electrons. The standard InChI is InChI=1S/C11H21NOS/c1-9(14-3)13-11(2)8-12-6-4-10(11)5-7-12/h9-10H,4-8H2,1-3H3/t9-,11+/m1/s1. The van der Waals surface area contributed by atoms with E-state index in [0.29, 0.717) is 5.44 Å². The molecule has 3 aliphatic rings. The molecule has 3 heteroatoms. The average Bonchev–Trinajstić information content (AvgIpc) is 2.18. The molecule has 2 bridgehead atoms. The zero-order chi connectivity index (χ0) is 10.2. The molecule has 0 N–H and O–H groups in total. The molecule has 3 fully saturated rings. The van der Waals surface area contributed by atoms with Gasteiger partial charge in [-0.05, 0) is 52.0 Å². The third-order valence-corrected chi connectivity index (χ3v) is 4.52. The maximum atomic E-state index is 6.18. The van der Waals surface area contributed by atoms with E-state index in [0.717, 1.165) is 12.5 Å². The van der Waals surface area contributed by atoms with E-state index >= 15 is 0 Å². The first kappa shape index (κ1) is 10.8. The first-order valence-corrected chi connectivity index (χ1v) is 6.86. The van der Waals surface area contributed by atoms with Gasteiger partial charge < -0.3 is 9.64 Å². The SMILES string of the molecule is CS[C@H](C)O[C@@]1(C)CN2CCC1CC2. The van der Waals surface area contributed by atoms with Crippen molar-refractivity contribution in [2.75, 3.05) is 25.9 Å². The lowest BCUT2D eigenvalue weighted by molar-refractivity contribution is -0.146. The number of hydrogen-bond donors (Lipinski definition) is 0. The van der Waals surface area contributed by atoms with Crippen molar-refractivity contribution in [2.24, 2.45) is 5.92 Å². The Labute approximate surface area is 91.4 Å². The minimum Gasteiger partial charge on any atom is -0.360 e. The Kier molecular flexibility index (Phi) is 3.10. The molecule has 3 rings (SSSR count). The second kappa shape index (κ2) is 4.03. The van der Waals surface area contributed by atoms with Gasteiger partial charge in [0.2, 0.25) is 0 Å². The summed E-state index contributed by atoms with van der Waals surface area (Å²) in [6.45, 7) is 8.18. The molecule has 0 amide bonds. The van der Waals surface area contributed by atoms with Crippen LogP contribution in [0.25, 0.3) is 0 Å². The topological polar surface area (TPSA) is 12.5 Å². The molecule has 0 unspecified atom stereocenters. The Hall–Kier alpha value is 0.270. The van der Waals surface area contributed by atoms with Crippen LogP contribution in [0.15, 0.2) is 0 Å². The number of ether oxygens (including phenoxy) is 1. The Morgan fingerprint density at radius 3 is 2.50 bits per heavy atom. The van der Waals surface area contributed by atoms with E-state index < -0.39 is 0 Å². The Bertz CT molecular complexity index is 203. The van der Waals surface area contributed by atoms with Crippen LogP contribution in [0.3, 0.4) is 0 Å². The van der Waals surface area contributed by atoms with Crippen LogP contribution in [0, 0.1) is 5.92 Å². The van der Waals surface area contributed by atoms with Crippen LogP contribution in [0.1, 0.15) is 26.7 Å². The molecule has 0 spiro atoms. The van der Waals surface area contributed by atoms with Gasteiger partial charge in [0.05, 0.1) is 5.60 Å². The summed E-state index contributed by atoms with van der Waals surface area (Å²) in [7, 11) is 0. The number of thioether (sulfide) groups is 1. The highest BCUT2D eigenvalue weighted by Gasteiger charge is 2.44. The molecule has 0 saturated carbocycles. The molecular formula is C11H21NOS. The molecular weight excluding hydrogens is 194 g/mol. The lowest BCUT2D eigenvalue weighted by atomic mass is 9.76. The fourth-order valence-electron chi connectivity index (χ4n) is 2.84. The number of piperidine rings is 3. The van der Waals surface area contributed by atoms with E-state index in [-0.39, 0.29) is 5.60 Å². The maximum absolute atomic E-state index is 6.18. The number of nitrogens with zero attached hydrogens (tertiary/aromatic N) is 1. The van der Waals surface area contributed by atoms with Crippen molar-refractivity contribution in [3.63, 3.8) is 0 Å². The lowest BCUT2D eigenvalue weighted by Gasteiger charge is -2.52. The maximum Gasteiger partial charge on any atom is 0.100 e. The fraction of sp³-hybridized carbons (Fsp3) is 1.00. The van der Waals surface area contributed by atoms with Crippen LogP contribution in [0.4, 0.5) is 0 Å². The van der Waals surface area contributed by atoms with Gasteiger partial charge >= 0.3 is 0 Å². The van der Waals surface area contributed by atoms with Gasteiger partial charge in [0.15, 0.2) is 0 Å². The third-order valence-electron chi connectivity index (χ3n) is 3.76. The molecule has 0 aromatic rings. The largest absolute Gasteiger partial charge is 0.360 e. The zero-order valence-electron chi connectivity index (χ0n) is 9.45. The monoisotopic (exact) mass is 215 g/mol. The highest BCUT2D eigenvalue weighted by molar-refractivity contribution is 7.99. The normalized spacial score (nSPS) is 43.9. The summed E-state index contributed by atoms with van der Waals surface area (Å²) in [4.78, 5) is 2.55. The van der Waals surface area contributed by atoms with Crippen molar-refractivity contribution in [3.8, 4) is 0 Å². The second-order valence-electron chi connectivity index (χ2n) is 4.78. The van der Waals surface area contributed by atoms with Gasteiger partial charge in [-0.1, -0.05) is 0 Å². The fourth-order valence-corrected chi connectivity index (χ4v) is 3.15. The van der Waals surface area contributed by atoms with Crippen LogP contribution in [0.5, 0.6) is 0 Å². The number of rotatable bonds is 3. The van der Waals surface area contributed by atoms with Crippen molar-refractivity contribution in [1.82, 2.24) is 4.90 Å². The smallest absolute Gasteiger partial charge is 0.100 e. The van der Waals surface area contributed by atoms with Gasteiger partial charge in [-0.25, -0.2) is 0 Å². The predicted molar refractivity (Wildman–Crippen MR) is 61.6 cm³/mol. The van der Waals surface area contributed by atoms with E-state index in [1.54, 1.807) is 11.8 Å². The Morgan fingerprint density at radius 1 is 1.43 bits per heavy atom. The van der Waals surface area contributed by atoms with Gasteiger partial charge in [0, 0.05) is 6.54 Å². The van der Waals surface area contributed by atoms with Gasteiger partial charge in [-0.3, -0.25) is 0 Å². The van der Waals surface area contributed by atoms with Crippen LogP contribution in [-0.2, 0) is 4.74 Å². The van der Waals surface area contributed by atoms with Crippen molar-refractivity contribution in [1.29, 1.82) is 0 Å². The molecule has 14 heavy (non-hydrogen) atoms. The summed E-state index contributed by atoms with van der Waals surface area (Å²) >= 11 is 1.80. The molecule has 0 aromatic heterocycles. The van der Waals surface area contributed by atoms with E-state index in [1.165, 1.54) is 25.9 Å². The van der Waals surface area contributed by atoms with Crippen molar-refractivity contribution in [3.05, 3.63) is 0 Å². The third kappa shape index (κ3) is 1.95. The summed E-state index contributed by atoms with van der Waals surface area (Å²) in [6.07, 6.45) is 4.78. The van der Waals surface area contributed by atoms with Gasteiger partial charge in [0.25, 0.3) is 0 Å². The summed E-state index contributed by atoms with van der Waals surface area (Å²) < 4.78 is 6.18. The van der Waals surface area contributed by atoms with Crippen molar-refractivity contribution in [2.45, 2.75) is 37.7 Å². The second-order valence-corrected chi connectivity index (χ2v) is 5.92. The molecule has 0 aromatic carbocycles. The minimum absolute atomic E-state index is 0.124. The Balaban J connectivity index is 2.00. The highest BCUT2D eigenvalue weighted by Crippen LogP contribution is 2.39. The lowest BCUT2D eigenvalue weighted by Crippen LogP contribution is -2.59. The number of fused-ring (bicyclic) bond motifs is 3. The summed E-state index contributed by atoms with van der Waals surface area (Å²) in [5.41, 5.74) is 0.458. The molecule has 3 aliphatic heterocycles. The Morgan fingerprint density at radius 2 is 2.07 bits per heavy atom. The van der Waals surface area contributed by atoms with E-state index in [2.05, 4.69) is 25.0 Å². The van der Waals surface area contributed by atoms with Crippen molar-refractivity contribution < 1.29 is 4.74 Å². The van der Waals surface area contributed by atoms with Crippen LogP contribution in [-0.4, -0.2) is 41.8 Å². The molecule has 2 atom stereocenters. The minimum atomic E-state index is 0.124. The van der Waals surface area contributed by atoms with E-state index in [9.17, 15) is 0 Å². The number of hydrogen-bond acceptors (Lipinski definition) is 3. The van der Waals surface area contributed by atoms with Crippen LogP contribution < -0.4 is 0 Å². The van der Waals surface area contributed by atoms with Gasteiger partial charge in [0.1, 0.15) is 5.44 Å². The van der Waals surface area contributed by atoms with Crippen LogP contribution in [0.2, 0.25) is 0 Å². The quantitative estimate of drug-likeness (QED) is 0.670. The van der Waals surface area contributed by atoms with Gasteiger partial charge in [-0.2, -0.15) is 0 Å². The van der Waals surface area contributed by atoms with Gasteiger partial charge in [-0.15, -0.1) is 11.8 Å². The summed E-state index contributed by atoms with van der Waals surface area (Å²) in [6, 6.07) is 0. The summed E-state index contributed by atoms with van der Waals surface area (Å²) in [5.74, 6) is 0.794. The van der Waals surface area contributed by atoms with E-state index in [1.807, 2.05) is 0 Å². The molecule has 3 saturated heterocycles.